The van der Waals surface area contributed by atoms with E-state index in [0.29, 0.717) is 6.04 Å². The van der Waals surface area contributed by atoms with Gasteiger partial charge in [0.2, 0.25) is 0 Å². The molecule has 20 heavy (non-hydrogen) atoms. The first kappa shape index (κ1) is 15.3. The second kappa shape index (κ2) is 7.60. The Kier molecular flexibility index (Phi) is 5.80. The number of ether oxygens (including phenoxy) is 1. The first-order valence-corrected chi connectivity index (χ1v) is 7.69. The van der Waals surface area contributed by atoms with Gasteiger partial charge in [0.15, 0.2) is 0 Å². The largest absolute Gasteiger partial charge is 0.383 e. The van der Waals surface area contributed by atoms with Crippen molar-refractivity contribution >= 4 is 5.82 Å². The summed E-state index contributed by atoms with van der Waals surface area (Å²) in [6.45, 7) is 7.00. The van der Waals surface area contributed by atoms with E-state index in [1.807, 2.05) is 12.3 Å². The molecule has 1 aliphatic rings. The van der Waals surface area contributed by atoms with Crippen LogP contribution in [0.4, 0.5) is 5.82 Å². The van der Waals surface area contributed by atoms with Crippen LogP contribution in [0.2, 0.25) is 0 Å². The normalized spacial score (nSPS) is 16.1. The van der Waals surface area contributed by atoms with E-state index in [0.717, 1.165) is 38.0 Å². The Balaban J connectivity index is 2.12. The molecule has 2 rings (SSSR count). The van der Waals surface area contributed by atoms with Gasteiger partial charge in [0, 0.05) is 44.0 Å². The lowest BCUT2D eigenvalue weighted by Crippen LogP contribution is -2.37. The third kappa shape index (κ3) is 4.18. The average molecular weight is 277 g/mol. The van der Waals surface area contributed by atoms with Crippen LogP contribution in [0.25, 0.3) is 0 Å². The SMILES string of the molecule is CCC(C)N(CCOC)c1ncccc1CNC1CC1. The zero-order chi connectivity index (χ0) is 14.4. The minimum Gasteiger partial charge on any atom is -0.383 e. The van der Waals surface area contributed by atoms with Gasteiger partial charge < -0.3 is 15.0 Å². The fourth-order valence-electron chi connectivity index (χ4n) is 2.31. The predicted octanol–water partition coefficient (Wildman–Crippen LogP) is 2.58. The van der Waals surface area contributed by atoms with E-state index in [4.69, 9.17) is 4.74 Å². The summed E-state index contributed by atoms with van der Waals surface area (Å²) in [5, 5.41) is 3.58. The first-order valence-electron chi connectivity index (χ1n) is 7.69. The predicted molar refractivity (Wildman–Crippen MR) is 83.1 cm³/mol. The number of hydrogen-bond acceptors (Lipinski definition) is 4. The molecule has 0 aromatic carbocycles. The van der Waals surface area contributed by atoms with Crippen molar-refractivity contribution in [3.8, 4) is 0 Å². The van der Waals surface area contributed by atoms with Crippen LogP contribution in [0.5, 0.6) is 0 Å². The van der Waals surface area contributed by atoms with Gasteiger partial charge >= 0.3 is 0 Å². The van der Waals surface area contributed by atoms with Crippen LogP contribution in [0.3, 0.4) is 0 Å². The van der Waals surface area contributed by atoms with Crippen molar-refractivity contribution in [1.29, 1.82) is 0 Å². The van der Waals surface area contributed by atoms with E-state index in [1.165, 1.54) is 18.4 Å². The van der Waals surface area contributed by atoms with Gasteiger partial charge in [-0.3, -0.25) is 0 Å². The summed E-state index contributed by atoms with van der Waals surface area (Å²) >= 11 is 0. The molecule has 1 N–H and O–H groups in total. The van der Waals surface area contributed by atoms with Gasteiger partial charge in [-0.15, -0.1) is 0 Å². The fraction of sp³-hybridized carbons (Fsp3) is 0.688. The van der Waals surface area contributed by atoms with Crippen molar-refractivity contribution in [1.82, 2.24) is 10.3 Å². The quantitative estimate of drug-likeness (QED) is 0.753. The van der Waals surface area contributed by atoms with E-state index >= 15 is 0 Å². The third-order valence-electron chi connectivity index (χ3n) is 3.96. The number of pyridine rings is 1. The summed E-state index contributed by atoms with van der Waals surface area (Å²) < 4.78 is 5.25. The maximum Gasteiger partial charge on any atom is 0.133 e. The number of rotatable bonds is 9. The van der Waals surface area contributed by atoms with E-state index < -0.39 is 0 Å². The van der Waals surface area contributed by atoms with Crippen molar-refractivity contribution in [3.05, 3.63) is 23.9 Å². The molecule has 1 saturated carbocycles. The van der Waals surface area contributed by atoms with Gasteiger partial charge in [-0.2, -0.15) is 0 Å². The molecule has 0 bridgehead atoms. The Hall–Kier alpha value is -1.13. The Morgan fingerprint density at radius 3 is 2.95 bits per heavy atom. The Morgan fingerprint density at radius 2 is 2.30 bits per heavy atom. The average Bonchev–Trinajstić information content (AvgIpc) is 3.30. The first-order chi connectivity index (χ1) is 9.76. The molecule has 1 unspecified atom stereocenters. The molecule has 0 amide bonds. The van der Waals surface area contributed by atoms with Crippen molar-refractivity contribution in [2.75, 3.05) is 25.2 Å². The van der Waals surface area contributed by atoms with Crippen LogP contribution >= 0.6 is 0 Å². The minimum absolute atomic E-state index is 0.472. The zero-order valence-corrected chi connectivity index (χ0v) is 12.9. The van der Waals surface area contributed by atoms with Gasteiger partial charge in [-0.25, -0.2) is 4.98 Å². The van der Waals surface area contributed by atoms with Gasteiger partial charge in [0.1, 0.15) is 5.82 Å². The molecular weight excluding hydrogens is 250 g/mol. The summed E-state index contributed by atoms with van der Waals surface area (Å²) in [5.41, 5.74) is 1.29. The third-order valence-corrected chi connectivity index (χ3v) is 3.96. The molecule has 0 aliphatic heterocycles. The highest BCUT2D eigenvalue weighted by Gasteiger charge is 2.22. The Morgan fingerprint density at radius 1 is 1.50 bits per heavy atom. The Bertz CT molecular complexity index is 406. The molecule has 1 aromatic heterocycles. The molecule has 1 aromatic rings. The summed E-state index contributed by atoms with van der Waals surface area (Å²) in [7, 11) is 1.75. The van der Waals surface area contributed by atoms with Crippen LogP contribution in [-0.2, 0) is 11.3 Å². The molecule has 112 valence electrons. The lowest BCUT2D eigenvalue weighted by Gasteiger charge is -2.31. The molecule has 0 saturated heterocycles. The fourth-order valence-corrected chi connectivity index (χ4v) is 2.31. The molecule has 4 nitrogen and oxygen atoms in total. The number of methoxy groups -OCH3 is 1. The van der Waals surface area contributed by atoms with E-state index in [-0.39, 0.29) is 0 Å². The lowest BCUT2D eigenvalue weighted by molar-refractivity contribution is 0.203. The van der Waals surface area contributed by atoms with Crippen molar-refractivity contribution in [2.45, 2.75) is 51.7 Å². The highest BCUT2D eigenvalue weighted by Crippen LogP contribution is 2.23. The molecular formula is C16H27N3O. The van der Waals surface area contributed by atoms with E-state index in [9.17, 15) is 0 Å². The van der Waals surface area contributed by atoms with Crippen LogP contribution in [0, 0.1) is 0 Å². The van der Waals surface area contributed by atoms with Crippen molar-refractivity contribution in [2.24, 2.45) is 0 Å². The summed E-state index contributed by atoms with van der Waals surface area (Å²) in [6, 6.07) is 5.40. The molecule has 0 radical (unpaired) electrons. The maximum absolute atomic E-state index is 5.25. The monoisotopic (exact) mass is 277 g/mol. The standard InChI is InChI=1S/C16H27N3O/c1-4-13(2)19(10-11-20-3)16-14(6-5-9-17-16)12-18-15-7-8-15/h5-6,9,13,15,18H,4,7-8,10-12H2,1-3H3. The van der Waals surface area contributed by atoms with Gasteiger partial charge in [0.05, 0.1) is 6.61 Å². The van der Waals surface area contributed by atoms with E-state index in [2.05, 4.69) is 35.1 Å². The molecule has 0 spiro atoms. The maximum atomic E-state index is 5.25. The summed E-state index contributed by atoms with van der Waals surface area (Å²) in [6.07, 6.45) is 5.62. The number of nitrogens with zero attached hydrogens (tertiary/aromatic N) is 2. The van der Waals surface area contributed by atoms with Crippen LogP contribution in [0.15, 0.2) is 18.3 Å². The van der Waals surface area contributed by atoms with Crippen LogP contribution in [0.1, 0.15) is 38.7 Å². The summed E-state index contributed by atoms with van der Waals surface area (Å²) in [5.74, 6) is 1.10. The van der Waals surface area contributed by atoms with Gasteiger partial charge in [0.25, 0.3) is 0 Å². The van der Waals surface area contributed by atoms with Gasteiger partial charge in [-0.05, 0) is 32.3 Å². The lowest BCUT2D eigenvalue weighted by atomic mass is 10.1. The number of aromatic nitrogens is 1. The summed E-state index contributed by atoms with van der Waals surface area (Å²) in [4.78, 5) is 7.00. The second-order valence-electron chi connectivity index (χ2n) is 5.58. The number of nitrogens with one attached hydrogen (secondary N) is 1. The number of anilines is 1. The van der Waals surface area contributed by atoms with Crippen molar-refractivity contribution < 1.29 is 4.74 Å². The topological polar surface area (TPSA) is 37.4 Å². The smallest absolute Gasteiger partial charge is 0.133 e. The van der Waals surface area contributed by atoms with Gasteiger partial charge in [-0.1, -0.05) is 13.0 Å². The second-order valence-corrected chi connectivity index (χ2v) is 5.58. The van der Waals surface area contributed by atoms with E-state index in [1.54, 1.807) is 7.11 Å². The highest BCUT2D eigenvalue weighted by molar-refractivity contribution is 5.47. The number of hydrogen-bond donors (Lipinski definition) is 1. The Labute approximate surface area is 122 Å². The molecule has 1 fully saturated rings. The van der Waals surface area contributed by atoms with Crippen LogP contribution < -0.4 is 10.2 Å². The molecule has 1 heterocycles. The highest BCUT2D eigenvalue weighted by atomic mass is 16.5. The molecule has 4 heteroatoms. The molecule has 1 aliphatic carbocycles. The zero-order valence-electron chi connectivity index (χ0n) is 12.9. The minimum atomic E-state index is 0.472. The van der Waals surface area contributed by atoms with Crippen molar-refractivity contribution in [3.63, 3.8) is 0 Å². The molecule has 1 atom stereocenters. The van der Waals surface area contributed by atoms with Crippen LogP contribution in [-0.4, -0.2) is 37.3 Å².